The molecule has 1 fully saturated rings. The minimum absolute atomic E-state index is 0.204. The van der Waals surface area contributed by atoms with E-state index >= 15 is 0 Å². The molecular weight excluding hydrogens is 218 g/mol. The SMILES string of the molecule is CC(C)=N/N=C1/NC(=O)[C@H](CC(=O)O)S1. The number of rotatable bonds is 3. The third kappa shape index (κ3) is 3.70. The van der Waals surface area contributed by atoms with Crippen LogP contribution in [0.2, 0.25) is 0 Å². The summed E-state index contributed by atoms with van der Waals surface area (Å²) < 4.78 is 0. The van der Waals surface area contributed by atoms with Gasteiger partial charge in [-0.25, -0.2) is 0 Å². The second kappa shape index (κ2) is 4.92. The molecule has 0 saturated carbocycles. The quantitative estimate of drug-likeness (QED) is 0.542. The van der Waals surface area contributed by atoms with Crippen molar-refractivity contribution in [2.75, 3.05) is 0 Å². The van der Waals surface area contributed by atoms with E-state index in [9.17, 15) is 9.59 Å². The van der Waals surface area contributed by atoms with Crippen LogP contribution in [0.5, 0.6) is 0 Å². The molecule has 0 radical (unpaired) electrons. The summed E-state index contributed by atoms with van der Waals surface area (Å²) in [5.41, 5.74) is 0.763. The topological polar surface area (TPSA) is 91.1 Å². The largest absolute Gasteiger partial charge is 0.481 e. The predicted octanol–water partition coefficient (Wildman–Crippen LogP) is 0.444. The Bertz CT molecular complexity index is 347. The highest BCUT2D eigenvalue weighted by Crippen LogP contribution is 2.22. The number of amidine groups is 1. The minimum Gasteiger partial charge on any atom is -0.481 e. The summed E-state index contributed by atoms with van der Waals surface area (Å²) in [6, 6.07) is 0. The average Bonchev–Trinajstić information content (AvgIpc) is 2.43. The molecule has 1 amide bonds. The summed E-state index contributed by atoms with van der Waals surface area (Å²) in [5, 5.41) is 18.3. The molecule has 0 bridgehead atoms. The molecule has 1 aliphatic heterocycles. The van der Waals surface area contributed by atoms with Crippen LogP contribution in [0.15, 0.2) is 10.2 Å². The van der Waals surface area contributed by atoms with Crippen LogP contribution in [-0.2, 0) is 9.59 Å². The lowest BCUT2D eigenvalue weighted by Crippen LogP contribution is -2.26. The van der Waals surface area contributed by atoms with Crippen LogP contribution in [0, 0.1) is 0 Å². The van der Waals surface area contributed by atoms with E-state index < -0.39 is 11.2 Å². The first-order valence-corrected chi connectivity index (χ1v) is 5.15. The Morgan fingerprint density at radius 2 is 2.27 bits per heavy atom. The van der Waals surface area contributed by atoms with Gasteiger partial charge in [0.2, 0.25) is 5.91 Å². The van der Waals surface area contributed by atoms with Crippen LogP contribution in [0.25, 0.3) is 0 Å². The van der Waals surface area contributed by atoms with Crippen molar-refractivity contribution in [2.24, 2.45) is 10.2 Å². The first kappa shape index (κ1) is 11.7. The number of nitrogens with zero attached hydrogens (tertiary/aromatic N) is 2. The lowest BCUT2D eigenvalue weighted by Gasteiger charge is -1.97. The average molecular weight is 229 g/mol. The normalized spacial score (nSPS) is 22.7. The van der Waals surface area contributed by atoms with Gasteiger partial charge in [0.1, 0.15) is 5.25 Å². The Labute approximate surface area is 90.8 Å². The maximum absolute atomic E-state index is 11.2. The van der Waals surface area contributed by atoms with Gasteiger partial charge < -0.3 is 10.4 Å². The highest BCUT2D eigenvalue weighted by Gasteiger charge is 2.32. The number of hydrogen-bond donors (Lipinski definition) is 2. The van der Waals surface area contributed by atoms with Crippen molar-refractivity contribution in [2.45, 2.75) is 25.5 Å². The fourth-order valence-corrected chi connectivity index (χ4v) is 1.80. The molecule has 0 aromatic rings. The number of nitrogens with one attached hydrogen (secondary N) is 1. The van der Waals surface area contributed by atoms with Gasteiger partial charge in [-0.05, 0) is 13.8 Å². The van der Waals surface area contributed by atoms with Gasteiger partial charge in [-0.15, -0.1) is 5.10 Å². The second-order valence-electron chi connectivity index (χ2n) is 3.15. The highest BCUT2D eigenvalue weighted by molar-refractivity contribution is 8.15. The summed E-state index contributed by atoms with van der Waals surface area (Å²) in [5.74, 6) is -1.33. The van der Waals surface area contributed by atoms with Crippen LogP contribution >= 0.6 is 11.8 Å². The summed E-state index contributed by atoms with van der Waals surface area (Å²) >= 11 is 1.09. The lowest BCUT2D eigenvalue weighted by molar-refractivity contribution is -0.138. The molecule has 2 N–H and O–H groups in total. The Hall–Kier alpha value is -1.37. The van der Waals surface area contributed by atoms with Crippen molar-refractivity contribution in [3.63, 3.8) is 0 Å². The zero-order valence-electron chi connectivity index (χ0n) is 8.35. The van der Waals surface area contributed by atoms with E-state index in [1.54, 1.807) is 13.8 Å². The number of carbonyl (C=O) groups is 2. The standard InChI is InChI=1S/C8H11N3O3S/c1-4(2)10-11-8-9-7(14)5(15-8)3-6(12)13/h5H,3H2,1-2H3,(H,12,13)(H,9,11,14)/t5-/m0/s1. The Kier molecular flexibility index (Phi) is 3.84. The summed E-state index contributed by atoms with van der Waals surface area (Å²) in [7, 11) is 0. The number of thioether (sulfide) groups is 1. The molecule has 1 atom stereocenters. The van der Waals surface area contributed by atoms with Crippen molar-refractivity contribution in [1.82, 2.24) is 5.32 Å². The van der Waals surface area contributed by atoms with Crippen molar-refractivity contribution >= 4 is 34.5 Å². The zero-order chi connectivity index (χ0) is 11.4. The minimum atomic E-state index is -1.00. The van der Waals surface area contributed by atoms with Crippen molar-refractivity contribution in [1.29, 1.82) is 0 Å². The number of carboxylic acid groups (broad SMARTS) is 1. The van der Waals surface area contributed by atoms with Gasteiger partial charge in [-0.2, -0.15) is 5.10 Å². The summed E-state index contributed by atoms with van der Waals surface area (Å²) in [6.45, 7) is 3.56. The molecule has 82 valence electrons. The van der Waals surface area contributed by atoms with Crippen molar-refractivity contribution in [3.05, 3.63) is 0 Å². The van der Waals surface area contributed by atoms with E-state index in [2.05, 4.69) is 15.5 Å². The maximum Gasteiger partial charge on any atom is 0.305 e. The van der Waals surface area contributed by atoms with E-state index in [0.29, 0.717) is 5.17 Å². The van der Waals surface area contributed by atoms with Crippen LogP contribution in [0.1, 0.15) is 20.3 Å². The van der Waals surface area contributed by atoms with Gasteiger partial charge in [0.25, 0.3) is 0 Å². The summed E-state index contributed by atoms with van der Waals surface area (Å²) in [4.78, 5) is 21.7. The molecule has 6 nitrogen and oxygen atoms in total. The molecule has 0 spiro atoms. The Morgan fingerprint density at radius 1 is 1.60 bits per heavy atom. The Morgan fingerprint density at radius 3 is 2.80 bits per heavy atom. The number of carboxylic acids is 1. The van der Waals surface area contributed by atoms with Crippen LogP contribution in [0.3, 0.4) is 0 Å². The smallest absolute Gasteiger partial charge is 0.305 e. The molecule has 1 saturated heterocycles. The third-order valence-corrected chi connectivity index (χ3v) is 2.55. The first-order valence-electron chi connectivity index (χ1n) is 4.27. The predicted molar refractivity (Wildman–Crippen MR) is 58.0 cm³/mol. The second-order valence-corrected chi connectivity index (χ2v) is 4.34. The molecule has 1 heterocycles. The molecular formula is C8H11N3O3S. The van der Waals surface area contributed by atoms with Crippen LogP contribution < -0.4 is 5.32 Å². The Balaban J connectivity index is 2.63. The lowest BCUT2D eigenvalue weighted by atomic mass is 10.3. The van der Waals surface area contributed by atoms with Crippen LogP contribution in [-0.4, -0.2) is 33.1 Å². The number of aliphatic carboxylic acids is 1. The fourth-order valence-electron chi connectivity index (χ4n) is 0.891. The molecule has 15 heavy (non-hydrogen) atoms. The van der Waals surface area contributed by atoms with Gasteiger partial charge >= 0.3 is 5.97 Å². The fraction of sp³-hybridized carbons (Fsp3) is 0.500. The molecule has 1 aliphatic rings. The third-order valence-electron chi connectivity index (χ3n) is 1.48. The molecule has 7 heteroatoms. The monoisotopic (exact) mass is 229 g/mol. The molecule has 0 aromatic carbocycles. The van der Waals surface area contributed by atoms with E-state index in [4.69, 9.17) is 5.11 Å². The van der Waals surface area contributed by atoms with Crippen LogP contribution in [0.4, 0.5) is 0 Å². The van der Waals surface area contributed by atoms with Crippen molar-refractivity contribution < 1.29 is 14.7 Å². The molecule has 0 aliphatic carbocycles. The van der Waals surface area contributed by atoms with Gasteiger partial charge in [-0.1, -0.05) is 11.8 Å². The van der Waals surface area contributed by atoms with Crippen molar-refractivity contribution in [3.8, 4) is 0 Å². The molecule has 0 aromatic heterocycles. The number of hydrogen-bond acceptors (Lipinski definition) is 5. The van der Waals surface area contributed by atoms with Gasteiger partial charge in [0, 0.05) is 5.71 Å². The highest BCUT2D eigenvalue weighted by atomic mass is 32.2. The number of carbonyl (C=O) groups excluding carboxylic acids is 1. The van der Waals surface area contributed by atoms with E-state index in [1.165, 1.54) is 0 Å². The van der Waals surface area contributed by atoms with E-state index in [-0.39, 0.29) is 12.3 Å². The van der Waals surface area contributed by atoms with Gasteiger partial charge in [-0.3, -0.25) is 9.59 Å². The van der Waals surface area contributed by atoms with E-state index in [0.717, 1.165) is 17.5 Å². The summed E-state index contributed by atoms with van der Waals surface area (Å²) in [6.07, 6.45) is -0.204. The maximum atomic E-state index is 11.2. The number of amides is 1. The van der Waals surface area contributed by atoms with Gasteiger partial charge in [0.05, 0.1) is 6.42 Å². The van der Waals surface area contributed by atoms with Gasteiger partial charge in [0.15, 0.2) is 5.17 Å². The van der Waals surface area contributed by atoms with E-state index in [1.807, 2.05) is 0 Å². The first-order chi connectivity index (χ1) is 6.99. The zero-order valence-corrected chi connectivity index (χ0v) is 9.17. The molecule has 0 unspecified atom stereocenters. The molecule has 1 rings (SSSR count).